The maximum atomic E-state index is 12.5. The molecule has 1 aromatic heterocycles. The van der Waals surface area contributed by atoms with Crippen molar-refractivity contribution in [3.05, 3.63) is 47.3 Å². The molecule has 1 aliphatic heterocycles. The van der Waals surface area contributed by atoms with Gasteiger partial charge in [-0.25, -0.2) is 0 Å². The van der Waals surface area contributed by atoms with Crippen molar-refractivity contribution in [1.29, 1.82) is 0 Å². The average Bonchev–Trinajstić information content (AvgIpc) is 3.10. The second-order valence-corrected chi connectivity index (χ2v) is 8.47. The summed E-state index contributed by atoms with van der Waals surface area (Å²) in [5, 5.41) is 10.4. The number of hydrogen-bond acceptors (Lipinski definition) is 4. The van der Waals surface area contributed by atoms with Gasteiger partial charge in [-0.2, -0.15) is 5.10 Å². The first-order valence-electron chi connectivity index (χ1n) is 10.7. The van der Waals surface area contributed by atoms with E-state index in [1.165, 1.54) is 0 Å². The molecular formula is C23H32N4O3. The van der Waals surface area contributed by atoms with Crippen LogP contribution in [0.25, 0.3) is 0 Å². The Bertz CT molecular complexity index is 888. The average molecular weight is 413 g/mol. The molecule has 1 atom stereocenters. The van der Waals surface area contributed by atoms with E-state index in [0.717, 1.165) is 36.4 Å². The molecule has 1 aliphatic rings. The van der Waals surface area contributed by atoms with E-state index in [2.05, 4.69) is 15.7 Å². The van der Waals surface area contributed by atoms with Crippen LogP contribution in [0.15, 0.2) is 30.5 Å². The summed E-state index contributed by atoms with van der Waals surface area (Å²) in [6.07, 6.45) is 3.65. The molecule has 0 spiro atoms. The van der Waals surface area contributed by atoms with E-state index < -0.39 is 0 Å². The lowest BCUT2D eigenvalue weighted by Gasteiger charge is -2.24. The topological polar surface area (TPSA) is 85.3 Å². The molecule has 162 valence electrons. The first-order chi connectivity index (χ1) is 14.3. The van der Waals surface area contributed by atoms with Crippen LogP contribution in [0.1, 0.15) is 55.7 Å². The minimum absolute atomic E-state index is 0.0216. The standard InChI is InChI=1S/C23H32N4O3/c1-15(2)26-23(29)19-14-25-27-10-9-17(11-20(19)27)13-24-22(28)12-18-7-5-6-8-21(18)30-16(3)4/h5-8,14-17H,9-13H2,1-4H3,(H,24,28)(H,26,29)/t17-/m0/s1. The van der Waals surface area contributed by atoms with E-state index in [4.69, 9.17) is 4.74 Å². The van der Waals surface area contributed by atoms with E-state index in [1.807, 2.05) is 56.6 Å². The van der Waals surface area contributed by atoms with Crippen molar-refractivity contribution in [3.63, 3.8) is 0 Å². The Morgan fingerprint density at radius 2 is 2.00 bits per heavy atom. The van der Waals surface area contributed by atoms with Crippen LogP contribution in [0, 0.1) is 5.92 Å². The Morgan fingerprint density at radius 3 is 2.73 bits per heavy atom. The number of aromatic nitrogens is 2. The van der Waals surface area contributed by atoms with Gasteiger partial charge in [0.05, 0.1) is 30.0 Å². The number of rotatable bonds is 8. The number of fused-ring (bicyclic) bond motifs is 1. The molecule has 7 heteroatoms. The Balaban J connectivity index is 1.56. The SMILES string of the molecule is CC(C)NC(=O)c1cnn2c1C[C@@H](CNC(=O)Cc1ccccc1OC(C)C)CC2. The van der Waals surface area contributed by atoms with E-state index in [0.29, 0.717) is 12.1 Å². The van der Waals surface area contributed by atoms with Crippen LogP contribution < -0.4 is 15.4 Å². The number of nitrogens with zero attached hydrogens (tertiary/aromatic N) is 2. The van der Waals surface area contributed by atoms with Gasteiger partial charge in [0.2, 0.25) is 5.91 Å². The predicted molar refractivity (Wildman–Crippen MR) is 116 cm³/mol. The summed E-state index contributed by atoms with van der Waals surface area (Å²) in [5.74, 6) is 0.931. The summed E-state index contributed by atoms with van der Waals surface area (Å²) in [7, 11) is 0. The minimum Gasteiger partial charge on any atom is -0.491 e. The fourth-order valence-corrected chi connectivity index (χ4v) is 3.72. The van der Waals surface area contributed by atoms with Gasteiger partial charge in [-0.1, -0.05) is 18.2 Å². The van der Waals surface area contributed by atoms with Crippen molar-refractivity contribution in [2.45, 2.75) is 65.6 Å². The molecule has 0 aliphatic carbocycles. The zero-order valence-electron chi connectivity index (χ0n) is 18.3. The molecule has 2 aromatic rings. The van der Waals surface area contributed by atoms with Gasteiger partial charge >= 0.3 is 0 Å². The summed E-state index contributed by atoms with van der Waals surface area (Å²) in [5.41, 5.74) is 2.48. The van der Waals surface area contributed by atoms with Crippen LogP contribution in [0.3, 0.4) is 0 Å². The van der Waals surface area contributed by atoms with Crippen molar-refractivity contribution < 1.29 is 14.3 Å². The van der Waals surface area contributed by atoms with Crippen molar-refractivity contribution in [3.8, 4) is 5.75 Å². The number of ether oxygens (including phenoxy) is 1. The summed E-state index contributed by atoms with van der Waals surface area (Å²) < 4.78 is 7.72. The molecule has 0 bridgehead atoms. The van der Waals surface area contributed by atoms with Crippen molar-refractivity contribution in [2.75, 3.05) is 6.54 Å². The van der Waals surface area contributed by atoms with Crippen LogP contribution >= 0.6 is 0 Å². The molecule has 0 fully saturated rings. The summed E-state index contributed by atoms with van der Waals surface area (Å²) in [6, 6.07) is 7.73. The number of aryl methyl sites for hydroxylation is 1. The fraction of sp³-hybridized carbons (Fsp3) is 0.522. The van der Waals surface area contributed by atoms with E-state index in [1.54, 1.807) is 6.20 Å². The second kappa shape index (κ2) is 9.78. The van der Waals surface area contributed by atoms with Gasteiger partial charge in [-0.15, -0.1) is 0 Å². The number of nitrogens with one attached hydrogen (secondary N) is 2. The molecule has 3 rings (SSSR count). The summed E-state index contributed by atoms with van der Waals surface area (Å²) in [6.45, 7) is 9.17. The van der Waals surface area contributed by atoms with Gasteiger partial charge in [-0.3, -0.25) is 14.3 Å². The van der Waals surface area contributed by atoms with Gasteiger partial charge in [0.25, 0.3) is 5.91 Å². The van der Waals surface area contributed by atoms with E-state index in [9.17, 15) is 9.59 Å². The van der Waals surface area contributed by atoms with Gasteiger partial charge < -0.3 is 15.4 Å². The molecule has 0 saturated carbocycles. The molecule has 2 amide bonds. The van der Waals surface area contributed by atoms with Crippen LogP contribution in [0.2, 0.25) is 0 Å². The van der Waals surface area contributed by atoms with Gasteiger partial charge in [0.1, 0.15) is 5.75 Å². The lowest BCUT2D eigenvalue weighted by Crippen LogP contribution is -2.35. The lowest BCUT2D eigenvalue weighted by atomic mass is 9.94. The third-order valence-corrected chi connectivity index (χ3v) is 5.12. The van der Waals surface area contributed by atoms with Crippen LogP contribution in [0.5, 0.6) is 5.75 Å². The molecule has 0 radical (unpaired) electrons. The highest BCUT2D eigenvalue weighted by atomic mass is 16.5. The highest BCUT2D eigenvalue weighted by molar-refractivity contribution is 5.95. The second-order valence-electron chi connectivity index (χ2n) is 8.47. The predicted octanol–water partition coefficient (Wildman–Crippen LogP) is 2.73. The maximum Gasteiger partial charge on any atom is 0.254 e. The number of carbonyl (C=O) groups excluding carboxylic acids is 2. The molecule has 7 nitrogen and oxygen atoms in total. The number of carbonyl (C=O) groups is 2. The first-order valence-corrected chi connectivity index (χ1v) is 10.7. The van der Waals surface area contributed by atoms with Crippen LogP contribution in [-0.2, 0) is 24.2 Å². The van der Waals surface area contributed by atoms with Crippen LogP contribution in [0.4, 0.5) is 0 Å². The fourth-order valence-electron chi connectivity index (χ4n) is 3.72. The first kappa shape index (κ1) is 21.9. The van der Waals surface area contributed by atoms with E-state index in [-0.39, 0.29) is 36.3 Å². The zero-order chi connectivity index (χ0) is 21.7. The Labute approximate surface area is 178 Å². The molecule has 2 heterocycles. The number of hydrogen-bond donors (Lipinski definition) is 2. The van der Waals surface area contributed by atoms with Gasteiger partial charge in [0, 0.05) is 24.7 Å². The Kier molecular flexibility index (Phi) is 7.13. The normalized spacial score (nSPS) is 15.7. The molecular weight excluding hydrogens is 380 g/mol. The number of para-hydroxylation sites is 1. The molecule has 0 unspecified atom stereocenters. The monoisotopic (exact) mass is 412 g/mol. The van der Waals surface area contributed by atoms with Crippen molar-refractivity contribution >= 4 is 11.8 Å². The Morgan fingerprint density at radius 1 is 1.23 bits per heavy atom. The molecule has 1 aromatic carbocycles. The highest BCUT2D eigenvalue weighted by Gasteiger charge is 2.25. The maximum absolute atomic E-state index is 12.5. The molecule has 30 heavy (non-hydrogen) atoms. The summed E-state index contributed by atoms with van der Waals surface area (Å²) in [4.78, 5) is 25.0. The molecule has 0 saturated heterocycles. The zero-order valence-corrected chi connectivity index (χ0v) is 18.3. The van der Waals surface area contributed by atoms with Crippen molar-refractivity contribution in [2.24, 2.45) is 5.92 Å². The van der Waals surface area contributed by atoms with Crippen molar-refractivity contribution in [1.82, 2.24) is 20.4 Å². The van der Waals surface area contributed by atoms with Gasteiger partial charge in [0.15, 0.2) is 0 Å². The lowest BCUT2D eigenvalue weighted by molar-refractivity contribution is -0.120. The highest BCUT2D eigenvalue weighted by Crippen LogP contribution is 2.23. The summed E-state index contributed by atoms with van der Waals surface area (Å²) >= 11 is 0. The largest absolute Gasteiger partial charge is 0.491 e. The minimum atomic E-state index is -0.0855. The smallest absolute Gasteiger partial charge is 0.254 e. The van der Waals surface area contributed by atoms with Crippen LogP contribution in [-0.4, -0.2) is 40.3 Å². The quantitative estimate of drug-likeness (QED) is 0.698. The molecule has 2 N–H and O–H groups in total. The third-order valence-electron chi connectivity index (χ3n) is 5.12. The number of benzene rings is 1. The van der Waals surface area contributed by atoms with E-state index >= 15 is 0 Å². The number of amides is 2. The Hall–Kier alpha value is -2.83. The third kappa shape index (κ3) is 5.62. The van der Waals surface area contributed by atoms with Gasteiger partial charge in [-0.05, 0) is 52.5 Å².